The summed E-state index contributed by atoms with van der Waals surface area (Å²) in [5, 5.41) is 3.07. The van der Waals surface area contributed by atoms with Crippen molar-refractivity contribution in [3.63, 3.8) is 0 Å². The topological polar surface area (TPSA) is 35.6 Å². The quantitative estimate of drug-likeness (QED) is 0.857. The van der Waals surface area contributed by atoms with Gasteiger partial charge in [-0.15, -0.1) is 0 Å². The summed E-state index contributed by atoms with van der Waals surface area (Å²) in [5.74, 6) is 0.0727. The minimum Gasteiger partial charge on any atom is -0.372 e. The van der Waals surface area contributed by atoms with Gasteiger partial charge in [0.15, 0.2) is 0 Å². The molecule has 4 nitrogen and oxygen atoms in total. The zero-order valence-electron chi connectivity index (χ0n) is 16.2. The number of nitrogens with zero attached hydrogens (tertiary/aromatic N) is 2. The van der Waals surface area contributed by atoms with Crippen molar-refractivity contribution in [1.29, 1.82) is 0 Å². The summed E-state index contributed by atoms with van der Waals surface area (Å²) in [5.41, 5.74) is 4.75. The molecule has 2 aromatic carbocycles. The molecule has 1 amide bonds. The molecule has 2 aromatic rings. The maximum absolute atomic E-state index is 12.6. The molecule has 4 heteroatoms. The third kappa shape index (κ3) is 4.33. The average Bonchev–Trinajstić information content (AvgIpc) is 3.34. The second kappa shape index (κ2) is 8.13. The molecule has 0 aromatic heterocycles. The summed E-state index contributed by atoms with van der Waals surface area (Å²) in [6.07, 6.45) is 4.82. The van der Waals surface area contributed by atoms with Gasteiger partial charge in [0, 0.05) is 30.5 Å². The number of benzene rings is 2. The van der Waals surface area contributed by atoms with Crippen molar-refractivity contribution >= 4 is 17.3 Å². The summed E-state index contributed by atoms with van der Waals surface area (Å²) in [6, 6.07) is 17.3. The molecule has 0 aliphatic carbocycles. The lowest BCUT2D eigenvalue weighted by atomic mass is 10.0. The highest BCUT2D eigenvalue weighted by molar-refractivity contribution is 5.92. The van der Waals surface area contributed by atoms with Gasteiger partial charge in [0.25, 0.3) is 0 Å². The molecule has 142 valence electrons. The first-order chi connectivity index (χ1) is 13.2. The van der Waals surface area contributed by atoms with Crippen LogP contribution in [0.1, 0.15) is 42.9 Å². The van der Waals surface area contributed by atoms with Crippen molar-refractivity contribution < 1.29 is 4.79 Å². The first-order valence-corrected chi connectivity index (χ1v) is 10.1. The number of likely N-dealkylation sites (tertiary alicyclic amines) is 1. The molecule has 0 bridgehead atoms. The Morgan fingerprint density at radius 1 is 1.04 bits per heavy atom. The number of hydrogen-bond acceptors (Lipinski definition) is 3. The number of amides is 1. The molecule has 2 aliphatic rings. The number of carbonyl (C=O) groups is 1. The summed E-state index contributed by atoms with van der Waals surface area (Å²) in [7, 11) is 0. The Morgan fingerprint density at radius 2 is 1.81 bits per heavy atom. The van der Waals surface area contributed by atoms with Crippen LogP contribution >= 0.6 is 0 Å². The molecular formula is C23H29N3O. The van der Waals surface area contributed by atoms with Gasteiger partial charge in [-0.2, -0.15) is 0 Å². The number of carbonyl (C=O) groups excluding carboxylic acids is 1. The van der Waals surface area contributed by atoms with Gasteiger partial charge in [-0.25, -0.2) is 0 Å². The van der Waals surface area contributed by atoms with E-state index in [0.717, 1.165) is 38.2 Å². The van der Waals surface area contributed by atoms with Gasteiger partial charge in [0.2, 0.25) is 5.91 Å². The summed E-state index contributed by atoms with van der Waals surface area (Å²) < 4.78 is 0. The van der Waals surface area contributed by atoms with Crippen LogP contribution in [0.15, 0.2) is 48.5 Å². The second-order valence-corrected chi connectivity index (χ2v) is 7.83. The largest absolute Gasteiger partial charge is 0.372 e. The minimum atomic E-state index is 0.0727. The second-order valence-electron chi connectivity index (χ2n) is 7.83. The molecule has 1 unspecified atom stereocenters. The fraction of sp³-hybridized carbons (Fsp3) is 0.435. The highest BCUT2D eigenvalue weighted by Crippen LogP contribution is 2.32. The van der Waals surface area contributed by atoms with E-state index in [1.54, 1.807) is 0 Å². The zero-order chi connectivity index (χ0) is 18.6. The fourth-order valence-corrected chi connectivity index (χ4v) is 4.39. The standard InChI is InChI=1S/C23H29N3O/c1-18-6-4-7-19(16-18)22-8-5-15-26(22)17-23(27)24-20-9-11-21(12-10-20)25-13-2-3-14-25/h4,6-7,9-12,16,22H,2-3,5,8,13-15,17H2,1H3,(H,24,27). The molecule has 27 heavy (non-hydrogen) atoms. The summed E-state index contributed by atoms with van der Waals surface area (Å²) in [6.45, 7) is 5.84. The predicted molar refractivity (Wildman–Crippen MR) is 111 cm³/mol. The number of nitrogens with one attached hydrogen (secondary N) is 1. The monoisotopic (exact) mass is 363 g/mol. The first-order valence-electron chi connectivity index (χ1n) is 10.1. The van der Waals surface area contributed by atoms with E-state index in [-0.39, 0.29) is 5.91 Å². The van der Waals surface area contributed by atoms with Gasteiger partial charge in [0.05, 0.1) is 6.54 Å². The van der Waals surface area contributed by atoms with Gasteiger partial charge in [-0.1, -0.05) is 29.8 Å². The van der Waals surface area contributed by atoms with Crippen LogP contribution in [-0.2, 0) is 4.79 Å². The normalized spacial score (nSPS) is 20.2. The number of aryl methyl sites for hydroxylation is 1. The minimum absolute atomic E-state index is 0.0727. The molecule has 1 atom stereocenters. The molecule has 0 radical (unpaired) electrons. The fourth-order valence-electron chi connectivity index (χ4n) is 4.39. The third-order valence-corrected chi connectivity index (χ3v) is 5.76. The van der Waals surface area contributed by atoms with Crippen LogP contribution < -0.4 is 10.2 Å². The number of rotatable bonds is 5. The average molecular weight is 364 g/mol. The lowest BCUT2D eigenvalue weighted by Crippen LogP contribution is -2.33. The lowest BCUT2D eigenvalue weighted by Gasteiger charge is -2.24. The van der Waals surface area contributed by atoms with E-state index in [1.165, 1.54) is 29.7 Å². The molecule has 0 saturated carbocycles. The Kier molecular flexibility index (Phi) is 5.44. The van der Waals surface area contributed by atoms with E-state index in [1.807, 2.05) is 12.1 Å². The van der Waals surface area contributed by atoms with E-state index in [9.17, 15) is 4.79 Å². The van der Waals surface area contributed by atoms with E-state index in [0.29, 0.717) is 12.6 Å². The van der Waals surface area contributed by atoms with Crippen molar-refractivity contribution in [2.24, 2.45) is 0 Å². The molecular weight excluding hydrogens is 334 g/mol. The Hall–Kier alpha value is -2.33. The molecule has 2 saturated heterocycles. The van der Waals surface area contributed by atoms with E-state index >= 15 is 0 Å². The van der Waals surface area contributed by atoms with E-state index in [2.05, 4.69) is 58.4 Å². The van der Waals surface area contributed by atoms with Crippen LogP contribution in [0, 0.1) is 6.92 Å². The Labute approximate surface area is 162 Å². The zero-order valence-corrected chi connectivity index (χ0v) is 16.2. The third-order valence-electron chi connectivity index (χ3n) is 5.76. The first kappa shape index (κ1) is 18.1. The van der Waals surface area contributed by atoms with Crippen molar-refractivity contribution in [3.05, 3.63) is 59.7 Å². The SMILES string of the molecule is Cc1cccc(C2CCCN2CC(=O)Nc2ccc(N3CCCC3)cc2)c1. The molecule has 0 spiro atoms. The Balaban J connectivity index is 1.35. The van der Waals surface area contributed by atoms with Crippen LogP contribution in [0.25, 0.3) is 0 Å². The maximum Gasteiger partial charge on any atom is 0.238 e. The predicted octanol–water partition coefficient (Wildman–Crippen LogP) is 4.37. The van der Waals surface area contributed by atoms with Crippen LogP contribution in [0.3, 0.4) is 0 Å². The van der Waals surface area contributed by atoms with Crippen LogP contribution in [0.4, 0.5) is 11.4 Å². The van der Waals surface area contributed by atoms with Crippen molar-refractivity contribution in [1.82, 2.24) is 4.90 Å². The molecule has 2 heterocycles. The Morgan fingerprint density at radius 3 is 2.56 bits per heavy atom. The van der Waals surface area contributed by atoms with Crippen molar-refractivity contribution in [2.45, 2.75) is 38.6 Å². The lowest BCUT2D eigenvalue weighted by molar-refractivity contribution is -0.117. The molecule has 4 rings (SSSR count). The smallest absolute Gasteiger partial charge is 0.238 e. The van der Waals surface area contributed by atoms with Gasteiger partial charge < -0.3 is 10.2 Å². The van der Waals surface area contributed by atoms with Crippen LogP contribution in [-0.4, -0.2) is 37.0 Å². The molecule has 2 fully saturated rings. The summed E-state index contributed by atoms with van der Waals surface area (Å²) in [4.78, 5) is 17.3. The Bertz CT molecular complexity index is 780. The number of anilines is 2. The van der Waals surface area contributed by atoms with E-state index < -0.39 is 0 Å². The molecule has 1 N–H and O–H groups in total. The van der Waals surface area contributed by atoms with E-state index in [4.69, 9.17) is 0 Å². The highest BCUT2D eigenvalue weighted by atomic mass is 16.2. The van der Waals surface area contributed by atoms with Crippen LogP contribution in [0.2, 0.25) is 0 Å². The van der Waals surface area contributed by atoms with Gasteiger partial charge >= 0.3 is 0 Å². The van der Waals surface area contributed by atoms with Gasteiger partial charge in [-0.3, -0.25) is 9.69 Å². The van der Waals surface area contributed by atoms with Gasteiger partial charge in [-0.05, 0) is 69.0 Å². The van der Waals surface area contributed by atoms with Crippen LogP contribution in [0.5, 0.6) is 0 Å². The maximum atomic E-state index is 12.6. The molecule has 2 aliphatic heterocycles. The van der Waals surface area contributed by atoms with Crippen molar-refractivity contribution in [3.8, 4) is 0 Å². The van der Waals surface area contributed by atoms with Crippen molar-refractivity contribution in [2.75, 3.05) is 36.4 Å². The summed E-state index contributed by atoms with van der Waals surface area (Å²) >= 11 is 0. The highest BCUT2D eigenvalue weighted by Gasteiger charge is 2.27. The van der Waals surface area contributed by atoms with Gasteiger partial charge in [0.1, 0.15) is 0 Å². The number of hydrogen-bond donors (Lipinski definition) is 1.